The average Bonchev–Trinajstić information content (AvgIpc) is 2.48. The minimum atomic E-state index is -0.265. The Kier molecular flexibility index (Phi) is 2.01. The highest BCUT2D eigenvalue weighted by Gasteiger charge is 2.04. The zero-order valence-electron chi connectivity index (χ0n) is 8.81. The second-order valence-corrected chi connectivity index (χ2v) is 3.75. The molecule has 0 fully saturated rings. The molecule has 3 aromatic rings. The number of rotatable bonds is 0. The molecule has 3 rings (SSSR count). The van der Waals surface area contributed by atoms with Gasteiger partial charge in [0, 0.05) is 17.8 Å². The molecular weight excluding hydrogens is 216 g/mol. The number of nitrogens with zero attached hydrogens (tertiary/aromatic N) is 1. The maximum atomic E-state index is 12.2. The lowest BCUT2D eigenvalue weighted by molar-refractivity contribution is 1.31. The molecule has 0 aliphatic rings. The van der Waals surface area contributed by atoms with Gasteiger partial charge in [0.25, 0.3) is 5.56 Å². The lowest BCUT2D eigenvalue weighted by atomic mass is 10.1. The molecule has 0 unspecified atom stereocenters. The van der Waals surface area contributed by atoms with Crippen LogP contribution in [-0.2, 0) is 0 Å². The predicted octanol–water partition coefficient (Wildman–Crippen LogP) is 1.44. The van der Waals surface area contributed by atoms with Crippen LogP contribution in [0.2, 0.25) is 0 Å². The van der Waals surface area contributed by atoms with Gasteiger partial charge < -0.3 is 4.98 Å². The lowest BCUT2D eigenvalue weighted by Gasteiger charge is -1.88. The summed E-state index contributed by atoms with van der Waals surface area (Å²) in [5.41, 5.74) is 0.0622. The summed E-state index contributed by atoms with van der Waals surface area (Å²) in [6, 6.07) is 8.39. The van der Waals surface area contributed by atoms with Gasteiger partial charge in [0.15, 0.2) is 5.43 Å². The molecule has 0 radical (unpaired) electrons. The summed E-state index contributed by atoms with van der Waals surface area (Å²) in [7, 11) is 0. The van der Waals surface area contributed by atoms with Gasteiger partial charge in [0.05, 0.1) is 16.3 Å². The van der Waals surface area contributed by atoms with Crippen LogP contribution in [0.25, 0.3) is 21.7 Å². The Balaban J connectivity index is 2.79. The first-order chi connectivity index (χ1) is 8.27. The van der Waals surface area contributed by atoms with Crippen molar-refractivity contribution in [3.05, 3.63) is 63.3 Å². The quantitative estimate of drug-likeness (QED) is 0.628. The summed E-state index contributed by atoms with van der Waals surface area (Å²) < 4.78 is 0. The third kappa shape index (κ3) is 1.42. The zero-order chi connectivity index (χ0) is 11.8. The van der Waals surface area contributed by atoms with Crippen molar-refractivity contribution >= 4 is 21.7 Å². The van der Waals surface area contributed by atoms with Gasteiger partial charge in [-0.05, 0) is 12.1 Å². The van der Waals surface area contributed by atoms with Crippen molar-refractivity contribution in [3.8, 4) is 0 Å². The van der Waals surface area contributed by atoms with Crippen LogP contribution < -0.4 is 11.0 Å². The van der Waals surface area contributed by atoms with Crippen LogP contribution in [0.4, 0.5) is 0 Å². The highest BCUT2D eigenvalue weighted by Crippen LogP contribution is 2.07. The second kappa shape index (κ2) is 3.52. The fourth-order valence-corrected chi connectivity index (χ4v) is 1.90. The first kappa shape index (κ1) is 9.72. The number of aromatic amines is 1. The number of hydrogen-bond donors (Lipinski definition) is 1. The van der Waals surface area contributed by atoms with Gasteiger partial charge in [0.1, 0.15) is 0 Å². The van der Waals surface area contributed by atoms with E-state index in [1.54, 1.807) is 36.5 Å². The zero-order valence-corrected chi connectivity index (χ0v) is 8.81. The Bertz CT molecular complexity index is 837. The van der Waals surface area contributed by atoms with Crippen molar-refractivity contribution in [1.29, 1.82) is 0 Å². The Labute approximate surface area is 95.6 Å². The van der Waals surface area contributed by atoms with E-state index in [2.05, 4.69) is 9.97 Å². The summed E-state index contributed by atoms with van der Waals surface area (Å²) in [5.74, 6) is 0. The minimum Gasteiger partial charge on any atom is -0.321 e. The number of fused-ring (bicyclic) bond motifs is 2. The number of pyridine rings is 1. The highest BCUT2D eigenvalue weighted by atomic mass is 16.1. The number of H-pyrrole nitrogens is 1. The smallest absolute Gasteiger partial charge is 0.256 e. The van der Waals surface area contributed by atoms with Crippen molar-refractivity contribution < 1.29 is 0 Å². The van der Waals surface area contributed by atoms with Crippen molar-refractivity contribution in [2.45, 2.75) is 0 Å². The molecular formula is C13H8N2O2. The maximum Gasteiger partial charge on any atom is 0.256 e. The van der Waals surface area contributed by atoms with E-state index in [-0.39, 0.29) is 11.0 Å². The van der Waals surface area contributed by atoms with Crippen LogP contribution in [-0.4, -0.2) is 9.97 Å². The molecule has 2 heterocycles. The minimum absolute atomic E-state index is 0.179. The molecule has 82 valence electrons. The molecule has 0 aliphatic heterocycles. The summed E-state index contributed by atoms with van der Waals surface area (Å²) >= 11 is 0. The van der Waals surface area contributed by atoms with E-state index in [1.807, 2.05) is 0 Å². The van der Waals surface area contributed by atoms with Gasteiger partial charge >= 0.3 is 0 Å². The third-order valence-electron chi connectivity index (χ3n) is 2.73. The Morgan fingerprint density at radius 1 is 0.941 bits per heavy atom. The summed E-state index contributed by atoms with van der Waals surface area (Å²) in [6.45, 7) is 0. The van der Waals surface area contributed by atoms with Crippen LogP contribution in [0.15, 0.2) is 52.3 Å². The van der Waals surface area contributed by atoms with Gasteiger partial charge in [-0.1, -0.05) is 18.2 Å². The van der Waals surface area contributed by atoms with Crippen LogP contribution in [0.3, 0.4) is 0 Å². The second-order valence-electron chi connectivity index (χ2n) is 3.75. The molecule has 0 saturated heterocycles. The Morgan fingerprint density at radius 3 is 2.53 bits per heavy atom. The Hall–Kier alpha value is -2.49. The summed E-state index contributed by atoms with van der Waals surface area (Å²) in [5, 5.41) is 1.23. The highest BCUT2D eigenvalue weighted by molar-refractivity contribution is 5.89. The van der Waals surface area contributed by atoms with E-state index in [4.69, 9.17) is 0 Å². The molecule has 0 saturated carbocycles. The molecule has 0 aliphatic carbocycles. The fraction of sp³-hybridized carbons (Fsp3) is 0. The molecule has 0 spiro atoms. The molecule has 17 heavy (non-hydrogen) atoms. The van der Waals surface area contributed by atoms with E-state index in [0.717, 1.165) is 0 Å². The normalized spacial score (nSPS) is 10.8. The van der Waals surface area contributed by atoms with E-state index >= 15 is 0 Å². The fourth-order valence-electron chi connectivity index (χ4n) is 1.90. The number of hydrogen-bond acceptors (Lipinski definition) is 3. The first-order valence-electron chi connectivity index (χ1n) is 5.16. The number of nitrogens with one attached hydrogen (secondary N) is 1. The number of benzene rings is 1. The third-order valence-corrected chi connectivity index (χ3v) is 2.73. The van der Waals surface area contributed by atoms with Crippen LogP contribution in [0, 0.1) is 0 Å². The molecule has 0 bridgehead atoms. The van der Waals surface area contributed by atoms with E-state index in [1.165, 1.54) is 6.20 Å². The van der Waals surface area contributed by atoms with Crippen molar-refractivity contribution in [3.63, 3.8) is 0 Å². The predicted molar refractivity (Wildman–Crippen MR) is 66.1 cm³/mol. The molecule has 2 aromatic heterocycles. The van der Waals surface area contributed by atoms with E-state index in [0.29, 0.717) is 21.7 Å². The lowest BCUT2D eigenvalue weighted by Crippen LogP contribution is -2.02. The van der Waals surface area contributed by atoms with Crippen molar-refractivity contribution in [2.24, 2.45) is 0 Å². The first-order valence-corrected chi connectivity index (χ1v) is 5.16. The van der Waals surface area contributed by atoms with Crippen molar-refractivity contribution in [1.82, 2.24) is 9.97 Å². The molecule has 1 aromatic carbocycles. The largest absolute Gasteiger partial charge is 0.321 e. The molecule has 1 N–H and O–H groups in total. The van der Waals surface area contributed by atoms with Crippen LogP contribution in [0.5, 0.6) is 0 Å². The monoisotopic (exact) mass is 224 g/mol. The molecule has 4 nitrogen and oxygen atoms in total. The van der Waals surface area contributed by atoms with Gasteiger partial charge in [-0.15, -0.1) is 0 Å². The maximum absolute atomic E-state index is 12.2. The molecule has 0 amide bonds. The molecule has 4 heteroatoms. The summed E-state index contributed by atoms with van der Waals surface area (Å²) in [4.78, 5) is 30.8. The molecule has 0 atom stereocenters. The number of aromatic nitrogens is 2. The van der Waals surface area contributed by atoms with E-state index < -0.39 is 0 Å². The average molecular weight is 224 g/mol. The van der Waals surface area contributed by atoms with Crippen LogP contribution >= 0.6 is 0 Å². The van der Waals surface area contributed by atoms with Gasteiger partial charge in [-0.3, -0.25) is 14.6 Å². The standard InChI is InChI=1S/C13H8N2O2/c16-12-8-3-1-2-4-9(8)13(17)15-11-5-6-14-7-10(11)12/h1-7H,(H,15,17). The SMILES string of the molecule is O=c1[nH]c2ccncc2c(=O)c2ccccc12. The summed E-state index contributed by atoms with van der Waals surface area (Å²) in [6.07, 6.45) is 3.02. The van der Waals surface area contributed by atoms with Crippen molar-refractivity contribution in [2.75, 3.05) is 0 Å². The van der Waals surface area contributed by atoms with Gasteiger partial charge in [-0.2, -0.15) is 0 Å². The van der Waals surface area contributed by atoms with E-state index in [9.17, 15) is 9.59 Å². The van der Waals surface area contributed by atoms with Gasteiger partial charge in [-0.25, -0.2) is 0 Å². The van der Waals surface area contributed by atoms with Gasteiger partial charge in [0.2, 0.25) is 0 Å². The Morgan fingerprint density at radius 2 is 1.71 bits per heavy atom. The van der Waals surface area contributed by atoms with Crippen LogP contribution in [0.1, 0.15) is 0 Å². The topological polar surface area (TPSA) is 62.8 Å².